The standard InChI is InChI=1S/C19H21N3O2/c1-13-11-22(12-17(24-13)14-4-5-14)18-9-15(6-8-21-18)19(23)16-3-2-7-20-10-16/h2-3,6-10,13-14,17H,4-5,11-12H2,1H3/t13-,17+/m0/s1. The molecule has 3 heterocycles. The second-order valence-electron chi connectivity index (χ2n) is 6.70. The molecular weight excluding hydrogens is 302 g/mol. The molecule has 0 radical (unpaired) electrons. The molecule has 2 aromatic rings. The molecule has 0 bridgehead atoms. The monoisotopic (exact) mass is 323 g/mol. The second kappa shape index (κ2) is 6.32. The molecule has 2 aromatic heterocycles. The largest absolute Gasteiger partial charge is 0.371 e. The third-order valence-corrected chi connectivity index (χ3v) is 4.69. The van der Waals surface area contributed by atoms with Crippen molar-refractivity contribution in [3.63, 3.8) is 0 Å². The molecule has 0 unspecified atom stereocenters. The van der Waals surface area contributed by atoms with Gasteiger partial charge in [0, 0.05) is 42.8 Å². The first-order valence-electron chi connectivity index (χ1n) is 8.52. The van der Waals surface area contributed by atoms with E-state index in [0.29, 0.717) is 17.0 Å². The highest BCUT2D eigenvalue weighted by Gasteiger charge is 2.37. The number of anilines is 1. The molecule has 1 saturated carbocycles. The van der Waals surface area contributed by atoms with E-state index in [0.717, 1.165) is 18.9 Å². The molecule has 2 fully saturated rings. The number of ether oxygens (including phenoxy) is 1. The molecule has 2 aliphatic rings. The van der Waals surface area contributed by atoms with Crippen LogP contribution < -0.4 is 4.90 Å². The number of carbonyl (C=O) groups is 1. The lowest BCUT2D eigenvalue weighted by atomic mass is 10.1. The Bertz CT molecular complexity index is 730. The van der Waals surface area contributed by atoms with Crippen molar-refractivity contribution in [1.29, 1.82) is 0 Å². The molecule has 24 heavy (non-hydrogen) atoms. The molecular formula is C19H21N3O2. The zero-order valence-electron chi connectivity index (χ0n) is 13.8. The fraction of sp³-hybridized carbons (Fsp3) is 0.421. The van der Waals surface area contributed by atoms with E-state index in [1.807, 2.05) is 6.07 Å². The summed E-state index contributed by atoms with van der Waals surface area (Å²) in [6, 6.07) is 7.22. The highest BCUT2D eigenvalue weighted by Crippen LogP contribution is 2.37. The third kappa shape index (κ3) is 3.17. The van der Waals surface area contributed by atoms with Crippen LogP contribution in [0.25, 0.3) is 0 Å². The lowest BCUT2D eigenvalue weighted by molar-refractivity contribution is -0.0273. The highest BCUT2D eigenvalue weighted by molar-refractivity contribution is 6.09. The van der Waals surface area contributed by atoms with Gasteiger partial charge in [-0.15, -0.1) is 0 Å². The number of aromatic nitrogens is 2. The first-order chi connectivity index (χ1) is 11.7. The topological polar surface area (TPSA) is 55.3 Å². The molecule has 0 spiro atoms. The van der Waals surface area contributed by atoms with Gasteiger partial charge in [-0.2, -0.15) is 0 Å². The number of rotatable bonds is 4. The lowest BCUT2D eigenvalue weighted by Crippen LogP contribution is -2.47. The van der Waals surface area contributed by atoms with Crippen LogP contribution in [0.4, 0.5) is 5.82 Å². The Kier molecular flexibility index (Phi) is 4.02. The van der Waals surface area contributed by atoms with Crippen molar-refractivity contribution in [3.05, 3.63) is 54.0 Å². The summed E-state index contributed by atoms with van der Waals surface area (Å²) >= 11 is 0. The molecule has 0 amide bonds. The first-order valence-corrected chi connectivity index (χ1v) is 8.52. The number of pyridine rings is 2. The van der Waals surface area contributed by atoms with Crippen LogP contribution in [0, 0.1) is 5.92 Å². The van der Waals surface area contributed by atoms with Crippen LogP contribution in [0.3, 0.4) is 0 Å². The van der Waals surface area contributed by atoms with Crippen LogP contribution in [0.15, 0.2) is 42.9 Å². The number of morpholine rings is 1. The Morgan fingerprint density at radius 1 is 1.21 bits per heavy atom. The van der Waals surface area contributed by atoms with Crippen molar-refractivity contribution in [2.75, 3.05) is 18.0 Å². The van der Waals surface area contributed by atoms with E-state index in [-0.39, 0.29) is 18.0 Å². The summed E-state index contributed by atoms with van der Waals surface area (Å²) in [4.78, 5) is 23.4. The van der Waals surface area contributed by atoms with Gasteiger partial charge in [-0.05, 0) is 49.9 Å². The summed E-state index contributed by atoms with van der Waals surface area (Å²) in [5.74, 6) is 1.52. The molecule has 1 saturated heterocycles. The van der Waals surface area contributed by atoms with E-state index in [4.69, 9.17) is 4.74 Å². The van der Waals surface area contributed by atoms with Crippen LogP contribution in [-0.2, 0) is 4.74 Å². The van der Waals surface area contributed by atoms with Crippen molar-refractivity contribution in [2.45, 2.75) is 32.0 Å². The third-order valence-electron chi connectivity index (χ3n) is 4.69. The van der Waals surface area contributed by atoms with Gasteiger partial charge in [0.15, 0.2) is 5.78 Å². The Balaban J connectivity index is 1.57. The van der Waals surface area contributed by atoms with E-state index in [2.05, 4.69) is 21.8 Å². The maximum Gasteiger partial charge on any atom is 0.194 e. The molecule has 5 nitrogen and oxygen atoms in total. The number of nitrogens with zero attached hydrogens (tertiary/aromatic N) is 3. The summed E-state index contributed by atoms with van der Waals surface area (Å²) in [5.41, 5.74) is 1.25. The average Bonchev–Trinajstić information content (AvgIpc) is 3.47. The number of hydrogen-bond donors (Lipinski definition) is 0. The minimum atomic E-state index is -0.0215. The predicted molar refractivity (Wildman–Crippen MR) is 91.2 cm³/mol. The van der Waals surface area contributed by atoms with Gasteiger partial charge in [0.25, 0.3) is 0 Å². The number of ketones is 1. The van der Waals surface area contributed by atoms with E-state index in [1.165, 1.54) is 12.8 Å². The van der Waals surface area contributed by atoms with Gasteiger partial charge in [-0.25, -0.2) is 4.98 Å². The number of carbonyl (C=O) groups excluding carboxylic acids is 1. The zero-order chi connectivity index (χ0) is 16.5. The van der Waals surface area contributed by atoms with Crippen molar-refractivity contribution in [1.82, 2.24) is 9.97 Å². The van der Waals surface area contributed by atoms with Crippen molar-refractivity contribution >= 4 is 11.6 Å². The normalized spacial score (nSPS) is 24.0. The summed E-state index contributed by atoms with van der Waals surface area (Å²) in [5, 5.41) is 0. The second-order valence-corrected chi connectivity index (χ2v) is 6.70. The van der Waals surface area contributed by atoms with Crippen LogP contribution in [0.5, 0.6) is 0 Å². The van der Waals surface area contributed by atoms with Crippen molar-refractivity contribution in [3.8, 4) is 0 Å². The predicted octanol–water partition coefficient (Wildman–Crippen LogP) is 2.71. The summed E-state index contributed by atoms with van der Waals surface area (Å²) in [6.45, 7) is 3.76. The van der Waals surface area contributed by atoms with E-state index in [9.17, 15) is 4.79 Å². The van der Waals surface area contributed by atoms with Gasteiger partial charge < -0.3 is 9.64 Å². The smallest absolute Gasteiger partial charge is 0.194 e. The first kappa shape index (κ1) is 15.3. The van der Waals surface area contributed by atoms with Gasteiger partial charge in [0.2, 0.25) is 0 Å². The molecule has 1 aliphatic heterocycles. The lowest BCUT2D eigenvalue weighted by Gasteiger charge is -2.37. The summed E-state index contributed by atoms with van der Waals surface area (Å²) in [6.07, 6.45) is 7.98. The molecule has 4 rings (SSSR count). The number of hydrogen-bond acceptors (Lipinski definition) is 5. The summed E-state index contributed by atoms with van der Waals surface area (Å²) in [7, 11) is 0. The molecule has 124 valence electrons. The van der Waals surface area contributed by atoms with E-state index < -0.39 is 0 Å². The van der Waals surface area contributed by atoms with Crippen LogP contribution in [0.1, 0.15) is 35.7 Å². The van der Waals surface area contributed by atoms with Gasteiger partial charge in [-0.1, -0.05) is 0 Å². The highest BCUT2D eigenvalue weighted by atomic mass is 16.5. The van der Waals surface area contributed by atoms with Gasteiger partial charge in [0.05, 0.1) is 12.2 Å². The quantitative estimate of drug-likeness (QED) is 0.810. The average molecular weight is 323 g/mol. The SMILES string of the molecule is C[C@H]1CN(c2cc(C(=O)c3cccnc3)ccn2)C[C@H](C2CC2)O1. The fourth-order valence-electron chi connectivity index (χ4n) is 3.30. The molecule has 0 N–H and O–H groups in total. The molecule has 1 aliphatic carbocycles. The van der Waals surface area contributed by atoms with Crippen LogP contribution in [-0.4, -0.2) is 41.0 Å². The molecule has 5 heteroatoms. The van der Waals surface area contributed by atoms with E-state index in [1.54, 1.807) is 36.8 Å². The van der Waals surface area contributed by atoms with Crippen LogP contribution >= 0.6 is 0 Å². The van der Waals surface area contributed by atoms with E-state index >= 15 is 0 Å². The van der Waals surface area contributed by atoms with Crippen molar-refractivity contribution in [2.24, 2.45) is 5.92 Å². The molecule has 2 atom stereocenters. The van der Waals surface area contributed by atoms with Gasteiger partial charge >= 0.3 is 0 Å². The zero-order valence-corrected chi connectivity index (χ0v) is 13.8. The maximum absolute atomic E-state index is 12.6. The Hall–Kier alpha value is -2.27. The fourth-order valence-corrected chi connectivity index (χ4v) is 3.30. The Morgan fingerprint density at radius 2 is 2.08 bits per heavy atom. The minimum absolute atomic E-state index is 0.0215. The molecule has 0 aromatic carbocycles. The van der Waals surface area contributed by atoms with Gasteiger partial charge in [-0.3, -0.25) is 9.78 Å². The Morgan fingerprint density at radius 3 is 2.83 bits per heavy atom. The van der Waals surface area contributed by atoms with Gasteiger partial charge in [0.1, 0.15) is 5.82 Å². The van der Waals surface area contributed by atoms with Crippen LogP contribution in [0.2, 0.25) is 0 Å². The maximum atomic E-state index is 12.6. The van der Waals surface area contributed by atoms with Crippen molar-refractivity contribution < 1.29 is 9.53 Å². The minimum Gasteiger partial charge on any atom is -0.371 e. The summed E-state index contributed by atoms with van der Waals surface area (Å²) < 4.78 is 6.06. The Labute approximate surface area is 141 Å².